The third kappa shape index (κ3) is 1.03. The van der Waals surface area contributed by atoms with E-state index in [4.69, 9.17) is 0 Å². The first-order valence-corrected chi connectivity index (χ1v) is 4.92. The number of imidazole rings is 1. The van der Waals surface area contributed by atoms with Crippen LogP contribution in [0.1, 0.15) is 0 Å². The predicted octanol–water partition coefficient (Wildman–Crippen LogP) is 1.88. The van der Waals surface area contributed by atoms with Gasteiger partial charge in [-0.15, -0.1) is 5.10 Å². The average Bonchev–Trinajstić information content (AvgIpc) is 2.85. The van der Waals surface area contributed by atoms with Crippen LogP contribution in [0.2, 0.25) is 0 Å². The molecule has 2 heterocycles. The van der Waals surface area contributed by atoms with Gasteiger partial charge in [0.1, 0.15) is 11.3 Å². The zero-order valence-electron chi connectivity index (χ0n) is 7.16. The summed E-state index contributed by atoms with van der Waals surface area (Å²) in [5.41, 5.74) is 2.07. The summed E-state index contributed by atoms with van der Waals surface area (Å²) in [7, 11) is 0. The maximum atomic E-state index is 4.29. The van der Waals surface area contributed by atoms with E-state index in [9.17, 15) is 0 Å². The van der Waals surface area contributed by atoms with Crippen LogP contribution in [-0.4, -0.2) is 19.1 Å². The van der Waals surface area contributed by atoms with Crippen LogP contribution in [0.15, 0.2) is 36.8 Å². The van der Waals surface area contributed by atoms with Crippen molar-refractivity contribution in [3.8, 4) is 5.00 Å². The molecule has 0 saturated heterocycles. The van der Waals surface area contributed by atoms with Crippen molar-refractivity contribution < 1.29 is 0 Å². The van der Waals surface area contributed by atoms with Gasteiger partial charge in [0.15, 0.2) is 0 Å². The Balaban J connectivity index is 2.33. The Morgan fingerprint density at radius 3 is 3.00 bits per heavy atom. The van der Waals surface area contributed by atoms with Gasteiger partial charge >= 0.3 is 0 Å². The number of para-hydroxylation sites is 2. The second kappa shape index (κ2) is 2.88. The summed E-state index contributed by atoms with van der Waals surface area (Å²) in [4.78, 5) is 4.29. The fraction of sp³-hybridized carbons (Fsp3) is 0. The zero-order valence-corrected chi connectivity index (χ0v) is 7.98. The molecule has 0 amide bonds. The predicted molar refractivity (Wildman–Crippen MR) is 54.5 cm³/mol. The van der Waals surface area contributed by atoms with Crippen LogP contribution >= 0.6 is 11.5 Å². The Bertz CT molecular complexity index is 555. The first-order chi connectivity index (χ1) is 6.95. The summed E-state index contributed by atoms with van der Waals surface area (Å²) < 4.78 is 5.81. The lowest BCUT2D eigenvalue weighted by atomic mass is 10.3. The lowest BCUT2D eigenvalue weighted by Crippen LogP contribution is -1.86. The van der Waals surface area contributed by atoms with E-state index in [1.807, 2.05) is 28.8 Å². The minimum Gasteiger partial charge on any atom is -0.287 e. The van der Waals surface area contributed by atoms with Crippen molar-refractivity contribution in [2.24, 2.45) is 0 Å². The molecule has 2 aromatic heterocycles. The number of fused-ring (bicyclic) bond motifs is 1. The lowest BCUT2D eigenvalue weighted by Gasteiger charge is -1.96. The van der Waals surface area contributed by atoms with Gasteiger partial charge in [0.05, 0.1) is 17.2 Å². The molecule has 0 aliphatic rings. The Morgan fingerprint density at radius 1 is 1.21 bits per heavy atom. The number of aromatic nitrogens is 4. The van der Waals surface area contributed by atoms with E-state index in [1.165, 1.54) is 11.5 Å². The van der Waals surface area contributed by atoms with Gasteiger partial charge < -0.3 is 0 Å². The molecule has 0 saturated carbocycles. The molecule has 0 radical (unpaired) electrons. The van der Waals surface area contributed by atoms with E-state index in [0.717, 1.165) is 16.0 Å². The summed E-state index contributed by atoms with van der Waals surface area (Å²) in [5, 5.41) is 4.79. The molecule has 3 rings (SSSR count). The molecule has 68 valence electrons. The molecule has 0 fully saturated rings. The SMILES string of the molecule is c1ccc2c(c1)ncn2-c1cnns1. The van der Waals surface area contributed by atoms with Crippen LogP contribution in [0.3, 0.4) is 0 Å². The van der Waals surface area contributed by atoms with Crippen molar-refractivity contribution >= 4 is 22.6 Å². The van der Waals surface area contributed by atoms with Crippen molar-refractivity contribution in [1.82, 2.24) is 19.1 Å². The fourth-order valence-corrected chi connectivity index (χ4v) is 1.91. The molecule has 3 aromatic rings. The summed E-state index contributed by atoms with van der Waals surface area (Å²) in [6, 6.07) is 7.99. The molecule has 0 unspecified atom stereocenters. The normalized spacial score (nSPS) is 10.9. The van der Waals surface area contributed by atoms with Crippen molar-refractivity contribution in [2.75, 3.05) is 0 Å². The quantitative estimate of drug-likeness (QED) is 0.605. The maximum Gasteiger partial charge on any atom is 0.142 e. The molecule has 14 heavy (non-hydrogen) atoms. The highest BCUT2D eigenvalue weighted by atomic mass is 32.1. The highest BCUT2D eigenvalue weighted by molar-refractivity contribution is 7.08. The molecule has 0 spiro atoms. The van der Waals surface area contributed by atoms with Gasteiger partial charge in [-0.1, -0.05) is 16.6 Å². The van der Waals surface area contributed by atoms with E-state index >= 15 is 0 Å². The third-order valence-electron chi connectivity index (χ3n) is 2.04. The van der Waals surface area contributed by atoms with Crippen molar-refractivity contribution in [1.29, 1.82) is 0 Å². The third-order valence-corrected chi connectivity index (χ3v) is 2.71. The zero-order chi connectivity index (χ0) is 9.38. The molecule has 0 aliphatic heterocycles. The van der Waals surface area contributed by atoms with E-state index in [2.05, 4.69) is 14.6 Å². The van der Waals surface area contributed by atoms with Gasteiger partial charge in [0.2, 0.25) is 0 Å². The maximum absolute atomic E-state index is 4.29. The van der Waals surface area contributed by atoms with Crippen LogP contribution < -0.4 is 0 Å². The number of hydrogen-bond acceptors (Lipinski definition) is 4. The number of hydrogen-bond donors (Lipinski definition) is 0. The minimum atomic E-state index is 0.985. The standard InChI is InChI=1S/C9H6N4S/c1-2-4-8-7(3-1)10-6-13(8)9-5-11-12-14-9/h1-6H. The molecule has 0 aliphatic carbocycles. The summed E-state index contributed by atoms with van der Waals surface area (Å²) >= 11 is 1.36. The molecular weight excluding hydrogens is 196 g/mol. The molecule has 4 nitrogen and oxygen atoms in total. The number of benzene rings is 1. The molecule has 0 N–H and O–H groups in total. The summed E-state index contributed by atoms with van der Waals surface area (Å²) in [5.74, 6) is 0. The summed E-state index contributed by atoms with van der Waals surface area (Å²) in [6.07, 6.45) is 3.53. The molecular formula is C9H6N4S. The highest BCUT2D eigenvalue weighted by Gasteiger charge is 2.04. The van der Waals surface area contributed by atoms with Crippen LogP contribution in [0.25, 0.3) is 16.0 Å². The van der Waals surface area contributed by atoms with Crippen LogP contribution in [0, 0.1) is 0 Å². The van der Waals surface area contributed by atoms with E-state index in [0.29, 0.717) is 0 Å². The van der Waals surface area contributed by atoms with Crippen molar-refractivity contribution in [3.05, 3.63) is 36.8 Å². The van der Waals surface area contributed by atoms with Gasteiger partial charge in [0.25, 0.3) is 0 Å². The summed E-state index contributed by atoms with van der Waals surface area (Å²) in [6.45, 7) is 0. The first kappa shape index (κ1) is 7.64. The van der Waals surface area contributed by atoms with Gasteiger partial charge in [-0.3, -0.25) is 4.57 Å². The monoisotopic (exact) mass is 202 g/mol. The fourth-order valence-electron chi connectivity index (χ4n) is 1.40. The largest absolute Gasteiger partial charge is 0.287 e. The van der Waals surface area contributed by atoms with Crippen LogP contribution in [0.4, 0.5) is 0 Å². The topological polar surface area (TPSA) is 43.6 Å². The molecule has 5 heteroatoms. The van der Waals surface area contributed by atoms with Crippen LogP contribution in [0.5, 0.6) is 0 Å². The second-order valence-corrected chi connectivity index (χ2v) is 3.62. The molecule has 0 bridgehead atoms. The lowest BCUT2D eigenvalue weighted by molar-refractivity contribution is 1.09. The highest BCUT2D eigenvalue weighted by Crippen LogP contribution is 2.18. The average molecular weight is 202 g/mol. The van der Waals surface area contributed by atoms with Gasteiger partial charge in [0, 0.05) is 11.5 Å². The Morgan fingerprint density at radius 2 is 2.14 bits per heavy atom. The van der Waals surface area contributed by atoms with E-state index in [-0.39, 0.29) is 0 Å². The van der Waals surface area contributed by atoms with E-state index in [1.54, 1.807) is 12.5 Å². The molecule has 1 aromatic carbocycles. The second-order valence-electron chi connectivity index (χ2n) is 2.86. The van der Waals surface area contributed by atoms with Crippen molar-refractivity contribution in [3.63, 3.8) is 0 Å². The number of rotatable bonds is 1. The number of nitrogens with zero attached hydrogens (tertiary/aromatic N) is 4. The van der Waals surface area contributed by atoms with Gasteiger partial charge in [-0.25, -0.2) is 4.98 Å². The Kier molecular flexibility index (Phi) is 1.57. The molecule has 0 atom stereocenters. The van der Waals surface area contributed by atoms with Gasteiger partial charge in [-0.05, 0) is 12.1 Å². The Hall–Kier alpha value is -1.75. The van der Waals surface area contributed by atoms with E-state index < -0.39 is 0 Å². The first-order valence-electron chi connectivity index (χ1n) is 4.15. The Labute approximate surface area is 84.0 Å². The van der Waals surface area contributed by atoms with Gasteiger partial charge in [-0.2, -0.15) is 0 Å². The smallest absolute Gasteiger partial charge is 0.142 e. The minimum absolute atomic E-state index is 0.985. The van der Waals surface area contributed by atoms with Crippen LogP contribution in [-0.2, 0) is 0 Å². The van der Waals surface area contributed by atoms with Crippen molar-refractivity contribution in [2.45, 2.75) is 0 Å².